The van der Waals surface area contributed by atoms with Crippen molar-refractivity contribution in [3.8, 4) is 6.01 Å². The highest BCUT2D eigenvalue weighted by Gasteiger charge is 2.46. The minimum Gasteiger partial charge on any atom is -0.481 e. The SMILES string of the molecule is CCOc1ncc(Nc2cc(C3(C(=O)O)CCC3)cnc2N2CCC(c3ccccc3)CC2)cn1. The van der Waals surface area contributed by atoms with Crippen molar-refractivity contribution in [2.45, 2.75) is 50.4 Å². The van der Waals surface area contributed by atoms with Gasteiger partial charge in [-0.1, -0.05) is 36.8 Å². The molecule has 0 unspecified atom stereocenters. The summed E-state index contributed by atoms with van der Waals surface area (Å²) in [7, 11) is 0. The van der Waals surface area contributed by atoms with Gasteiger partial charge in [0.15, 0.2) is 5.82 Å². The van der Waals surface area contributed by atoms with Crippen molar-refractivity contribution in [2.24, 2.45) is 0 Å². The van der Waals surface area contributed by atoms with Gasteiger partial charge in [-0.25, -0.2) is 15.0 Å². The molecule has 35 heavy (non-hydrogen) atoms. The fraction of sp³-hybridized carbons (Fsp3) is 0.407. The number of carbonyl (C=O) groups is 1. The molecule has 3 aromatic rings. The molecule has 2 aromatic heterocycles. The number of ether oxygens (including phenoxy) is 1. The highest BCUT2D eigenvalue weighted by atomic mass is 16.5. The predicted octanol–water partition coefficient (Wildman–Crippen LogP) is 4.90. The van der Waals surface area contributed by atoms with Gasteiger partial charge < -0.3 is 20.1 Å². The zero-order valence-corrected chi connectivity index (χ0v) is 20.0. The zero-order chi connectivity index (χ0) is 24.3. The van der Waals surface area contributed by atoms with Gasteiger partial charge in [0.25, 0.3) is 0 Å². The lowest BCUT2D eigenvalue weighted by atomic mass is 9.65. The normalized spacial score (nSPS) is 17.5. The van der Waals surface area contributed by atoms with Gasteiger partial charge in [0, 0.05) is 19.3 Å². The number of aliphatic carboxylic acids is 1. The molecular formula is C27H31N5O3. The first-order chi connectivity index (χ1) is 17.1. The molecule has 1 aromatic carbocycles. The summed E-state index contributed by atoms with van der Waals surface area (Å²) in [6.07, 6.45) is 9.37. The van der Waals surface area contributed by atoms with E-state index in [-0.39, 0.29) is 0 Å². The van der Waals surface area contributed by atoms with Crippen LogP contribution in [0.2, 0.25) is 0 Å². The fourth-order valence-corrected chi connectivity index (χ4v) is 5.11. The first-order valence-corrected chi connectivity index (χ1v) is 12.3. The summed E-state index contributed by atoms with van der Waals surface area (Å²) in [6.45, 7) is 4.15. The Bertz CT molecular complexity index is 1160. The Hall–Kier alpha value is -3.68. The third-order valence-corrected chi connectivity index (χ3v) is 7.28. The molecular weight excluding hydrogens is 442 g/mol. The lowest BCUT2D eigenvalue weighted by Crippen LogP contribution is -2.42. The number of anilines is 3. The average Bonchev–Trinajstić information content (AvgIpc) is 2.85. The van der Waals surface area contributed by atoms with Gasteiger partial charge in [-0.15, -0.1) is 0 Å². The maximum atomic E-state index is 12.1. The standard InChI is InChI=1S/C27H31N5O3/c1-2-35-26-29-17-22(18-30-26)31-23-15-21(27(25(33)34)11-6-12-27)16-28-24(23)32-13-9-20(10-14-32)19-7-4-3-5-8-19/h3-5,7-8,15-18,20,31H,2,6,9-14H2,1H3,(H,33,34). The van der Waals surface area contributed by atoms with E-state index in [2.05, 4.69) is 50.5 Å². The van der Waals surface area contributed by atoms with Crippen molar-refractivity contribution in [3.63, 3.8) is 0 Å². The summed E-state index contributed by atoms with van der Waals surface area (Å²) in [6, 6.07) is 12.9. The molecule has 0 atom stereocenters. The number of pyridine rings is 1. The number of rotatable bonds is 8. The van der Waals surface area contributed by atoms with Crippen LogP contribution >= 0.6 is 0 Å². The van der Waals surface area contributed by atoms with Gasteiger partial charge in [0.1, 0.15) is 0 Å². The van der Waals surface area contributed by atoms with E-state index >= 15 is 0 Å². The van der Waals surface area contributed by atoms with Crippen LogP contribution in [-0.2, 0) is 10.2 Å². The number of carboxylic acid groups (broad SMARTS) is 1. The molecule has 8 heteroatoms. The molecule has 1 aliphatic carbocycles. The molecule has 1 aliphatic heterocycles. The van der Waals surface area contributed by atoms with E-state index in [1.54, 1.807) is 18.6 Å². The quantitative estimate of drug-likeness (QED) is 0.476. The third kappa shape index (κ3) is 4.65. The summed E-state index contributed by atoms with van der Waals surface area (Å²) in [5.41, 5.74) is 2.76. The second-order valence-corrected chi connectivity index (χ2v) is 9.32. The summed E-state index contributed by atoms with van der Waals surface area (Å²) in [4.78, 5) is 27.7. The van der Waals surface area contributed by atoms with Gasteiger partial charge in [-0.3, -0.25) is 4.79 Å². The Morgan fingerprint density at radius 3 is 2.43 bits per heavy atom. The van der Waals surface area contributed by atoms with Gasteiger partial charge in [0.05, 0.1) is 35.8 Å². The molecule has 3 heterocycles. The van der Waals surface area contributed by atoms with E-state index in [9.17, 15) is 9.90 Å². The second kappa shape index (κ2) is 9.90. The molecule has 5 rings (SSSR count). The molecule has 182 valence electrons. The molecule has 0 radical (unpaired) electrons. The lowest BCUT2D eigenvalue weighted by molar-refractivity contribution is -0.147. The second-order valence-electron chi connectivity index (χ2n) is 9.32. The van der Waals surface area contributed by atoms with E-state index < -0.39 is 11.4 Å². The van der Waals surface area contributed by atoms with Crippen LogP contribution < -0.4 is 15.0 Å². The Kier molecular flexibility index (Phi) is 6.53. The Balaban J connectivity index is 1.42. The van der Waals surface area contributed by atoms with Crippen molar-refractivity contribution in [2.75, 3.05) is 29.9 Å². The molecule has 1 saturated heterocycles. The van der Waals surface area contributed by atoms with Gasteiger partial charge >= 0.3 is 12.0 Å². The Morgan fingerprint density at radius 2 is 1.83 bits per heavy atom. The monoisotopic (exact) mass is 473 g/mol. The van der Waals surface area contributed by atoms with Crippen LogP contribution in [0.1, 0.15) is 56.1 Å². The molecule has 0 spiro atoms. The molecule has 2 aliphatic rings. The van der Waals surface area contributed by atoms with Crippen LogP contribution in [-0.4, -0.2) is 45.7 Å². The summed E-state index contributed by atoms with van der Waals surface area (Å²) in [5, 5.41) is 13.4. The van der Waals surface area contributed by atoms with Crippen LogP contribution in [0.25, 0.3) is 0 Å². The average molecular weight is 474 g/mol. The largest absolute Gasteiger partial charge is 0.481 e. The maximum absolute atomic E-state index is 12.1. The molecule has 2 N–H and O–H groups in total. The fourth-order valence-electron chi connectivity index (χ4n) is 5.11. The van der Waals surface area contributed by atoms with E-state index in [1.807, 2.05) is 13.0 Å². The van der Waals surface area contributed by atoms with Crippen LogP contribution in [0.3, 0.4) is 0 Å². The predicted molar refractivity (Wildman–Crippen MR) is 135 cm³/mol. The van der Waals surface area contributed by atoms with E-state index in [4.69, 9.17) is 9.72 Å². The first kappa shape index (κ1) is 23.1. The van der Waals surface area contributed by atoms with Crippen molar-refractivity contribution in [1.29, 1.82) is 0 Å². The smallest absolute Gasteiger partial charge is 0.316 e. The first-order valence-electron chi connectivity index (χ1n) is 12.3. The minimum absolute atomic E-state index is 0.326. The van der Waals surface area contributed by atoms with E-state index in [0.29, 0.717) is 37.1 Å². The molecule has 2 fully saturated rings. The Morgan fingerprint density at radius 1 is 1.11 bits per heavy atom. The number of nitrogens with zero attached hydrogens (tertiary/aromatic N) is 4. The third-order valence-electron chi connectivity index (χ3n) is 7.28. The van der Waals surface area contributed by atoms with Crippen molar-refractivity contribution in [1.82, 2.24) is 15.0 Å². The molecule has 1 saturated carbocycles. The highest BCUT2D eigenvalue weighted by Crippen LogP contribution is 2.45. The maximum Gasteiger partial charge on any atom is 0.316 e. The minimum atomic E-state index is -0.850. The summed E-state index contributed by atoms with van der Waals surface area (Å²) < 4.78 is 5.35. The number of nitrogens with one attached hydrogen (secondary N) is 1. The van der Waals surface area contributed by atoms with Crippen LogP contribution in [0.15, 0.2) is 55.0 Å². The number of benzene rings is 1. The van der Waals surface area contributed by atoms with Gasteiger partial charge in [-0.05, 0) is 55.7 Å². The number of piperidine rings is 1. The lowest BCUT2D eigenvalue weighted by Gasteiger charge is -2.39. The van der Waals surface area contributed by atoms with Gasteiger partial charge in [0.2, 0.25) is 0 Å². The van der Waals surface area contributed by atoms with Crippen LogP contribution in [0.4, 0.5) is 17.2 Å². The highest BCUT2D eigenvalue weighted by molar-refractivity contribution is 5.84. The zero-order valence-electron chi connectivity index (χ0n) is 20.0. The number of aromatic nitrogens is 3. The molecule has 0 amide bonds. The topological polar surface area (TPSA) is 100 Å². The number of hydrogen-bond donors (Lipinski definition) is 2. The van der Waals surface area contributed by atoms with Crippen LogP contribution in [0, 0.1) is 0 Å². The van der Waals surface area contributed by atoms with Crippen LogP contribution in [0.5, 0.6) is 6.01 Å². The van der Waals surface area contributed by atoms with Crippen molar-refractivity contribution >= 4 is 23.2 Å². The Labute approximate surface area is 205 Å². The summed E-state index contributed by atoms with van der Waals surface area (Å²) >= 11 is 0. The van der Waals surface area contributed by atoms with Gasteiger partial charge in [-0.2, -0.15) is 0 Å². The molecule has 8 nitrogen and oxygen atoms in total. The van der Waals surface area contributed by atoms with Crippen molar-refractivity contribution < 1.29 is 14.6 Å². The van der Waals surface area contributed by atoms with Crippen molar-refractivity contribution in [3.05, 3.63) is 66.1 Å². The van der Waals surface area contributed by atoms with E-state index in [0.717, 1.165) is 49.4 Å². The number of hydrogen-bond acceptors (Lipinski definition) is 7. The van der Waals surface area contributed by atoms with E-state index in [1.165, 1.54) is 5.56 Å². The number of carboxylic acids is 1. The molecule has 0 bridgehead atoms. The summed E-state index contributed by atoms with van der Waals surface area (Å²) in [5.74, 6) is 0.583.